The van der Waals surface area contributed by atoms with E-state index in [1.54, 1.807) is 48.5 Å². The highest BCUT2D eigenvalue weighted by Crippen LogP contribution is 2.23. The first-order chi connectivity index (χ1) is 17.5. The second kappa shape index (κ2) is 11.9. The Labute approximate surface area is 209 Å². The Morgan fingerprint density at radius 2 is 1.47 bits per heavy atom. The average molecular weight is 485 g/mol. The summed E-state index contributed by atoms with van der Waals surface area (Å²) in [5, 5.41) is 5.38. The highest BCUT2D eigenvalue weighted by atomic mass is 16.5. The maximum atomic E-state index is 12.6. The summed E-state index contributed by atoms with van der Waals surface area (Å²) in [6.45, 7) is -0.513. The summed E-state index contributed by atoms with van der Waals surface area (Å²) in [6, 6.07) is 21.3. The predicted octanol–water partition coefficient (Wildman–Crippen LogP) is 4.96. The van der Waals surface area contributed by atoms with Crippen molar-refractivity contribution >= 4 is 34.9 Å². The summed E-state index contributed by atoms with van der Waals surface area (Å²) in [5.74, 6) is -1.71. The molecule has 36 heavy (non-hydrogen) atoms. The van der Waals surface area contributed by atoms with Crippen molar-refractivity contribution in [2.24, 2.45) is 0 Å². The zero-order chi connectivity index (χ0) is 25.3. The monoisotopic (exact) mass is 484 g/mol. The topological polar surface area (TPSA) is 102 Å². The first-order valence-corrected chi connectivity index (χ1v) is 12.1. The number of amides is 2. The summed E-state index contributed by atoms with van der Waals surface area (Å²) in [7, 11) is 0. The lowest BCUT2D eigenvalue weighted by Gasteiger charge is -2.16. The molecule has 2 N–H and O–H groups in total. The van der Waals surface area contributed by atoms with Gasteiger partial charge in [-0.2, -0.15) is 0 Å². The van der Waals surface area contributed by atoms with Crippen molar-refractivity contribution in [3.8, 4) is 0 Å². The first kappa shape index (κ1) is 24.9. The lowest BCUT2D eigenvalue weighted by molar-refractivity contribution is -0.147. The number of ketones is 1. The molecule has 7 heteroatoms. The van der Waals surface area contributed by atoms with Gasteiger partial charge in [0.1, 0.15) is 0 Å². The van der Waals surface area contributed by atoms with Crippen LogP contribution in [0.2, 0.25) is 0 Å². The van der Waals surface area contributed by atoms with Crippen LogP contribution in [-0.2, 0) is 27.2 Å². The molecule has 0 saturated carbocycles. The minimum atomic E-state index is -0.633. The van der Waals surface area contributed by atoms with Crippen molar-refractivity contribution in [2.45, 2.75) is 38.5 Å². The van der Waals surface area contributed by atoms with Crippen LogP contribution in [0.4, 0.5) is 11.4 Å². The van der Waals surface area contributed by atoms with Crippen molar-refractivity contribution in [1.29, 1.82) is 0 Å². The smallest absolute Gasteiger partial charge is 0.306 e. The fourth-order valence-electron chi connectivity index (χ4n) is 4.18. The molecule has 1 aliphatic carbocycles. The molecular formula is C29H28N2O5. The van der Waals surface area contributed by atoms with E-state index in [4.69, 9.17) is 4.74 Å². The van der Waals surface area contributed by atoms with E-state index in [1.807, 2.05) is 24.3 Å². The number of anilines is 2. The van der Waals surface area contributed by atoms with Gasteiger partial charge in [-0.1, -0.05) is 42.5 Å². The van der Waals surface area contributed by atoms with Crippen LogP contribution >= 0.6 is 0 Å². The van der Waals surface area contributed by atoms with Crippen LogP contribution in [0.25, 0.3) is 0 Å². The molecule has 0 unspecified atom stereocenters. The maximum absolute atomic E-state index is 12.6. The summed E-state index contributed by atoms with van der Waals surface area (Å²) in [4.78, 5) is 49.7. The molecule has 7 nitrogen and oxygen atoms in total. The van der Waals surface area contributed by atoms with Gasteiger partial charge < -0.3 is 15.4 Å². The van der Waals surface area contributed by atoms with Gasteiger partial charge in [0.2, 0.25) is 0 Å². The van der Waals surface area contributed by atoms with Crippen LogP contribution < -0.4 is 10.6 Å². The van der Waals surface area contributed by atoms with Crippen LogP contribution in [0.3, 0.4) is 0 Å². The summed E-state index contributed by atoms with van der Waals surface area (Å²) >= 11 is 0. The molecule has 0 heterocycles. The standard InChI is InChI=1S/C29H28N2O5/c32-26(22-15-14-20-8-4-5-9-21(20)18-22)16-17-28(34)36-19-27(33)31-25-13-7-6-12-24(25)29(35)30-23-10-2-1-3-11-23/h1-3,6-7,10-15,18H,4-5,8-9,16-17,19H2,(H,30,35)(H,31,33). The Hall–Kier alpha value is -4.26. The summed E-state index contributed by atoms with van der Waals surface area (Å²) < 4.78 is 5.05. The second-order valence-electron chi connectivity index (χ2n) is 8.69. The Morgan fingerprint density at radius 3 is 2.28 bits per heavy atom. The van der Waals surface area contributed by atoms with Gasteiger partial charge >= 0.3 is 5.97 Å². The molecular weight excluding hydrogens is 456 g/mol. The third-order valence-electron chi connectivity index (χ3n) is 6.07. The Morgan fingerprint density at radius 1 is 0.750 bits per heavy atom. The van der Waals surface area contributed by atoms with Gasteiger partial charge in [0, 0.05) is 17.7 Å². The van der Waals surface area contributed by atoms with Gasteiger partial charge in [-0.25, -0.2) is 0 Å². The highest BCUT2D eigenvalue weighted by Gasteiger charge is 2.17. The van der Waals surface area contributed by atoms with Crippen molar-refractivity contribution in [1.82, 2.24) is 0 Å². The van der Waals surface area contributed by atoms with Gasteiger partial charge in [0.15, 0.2) is 12.4 Å². The van der Waals surface area contributed by atoms with Crippen molar-refractivity contribution in [3.05, 3.63) is 95.1 Å². The first-order valence-electron chi connectivity index (χ1n) is 12.1. The van der Waals surface area contributed by atoms with Gasteiger partial charge in [-0.05, 0) is 67.1 Å². The zero-order valence-electron chi connectivity index (χ0n) is 19.9. The van der Waals surface area contributed by atoms with E-state index in [1.165, 1.54) is 17.5 Å². The van der Waals surface area contributed by atoms with E-state index in [9.17, 15) is 19.2 Å². The quantitative estimate of drug-likeness (QED) is 0.330. The second-order valence-corrected chi connectivity index (χ2v) is 8.69. The zero-order valence-corrected chi connectivity index (χ0v) is 19.9. The number of aryl methyl sites for hydroxylation is 2. The SMILES string of the molecule is O=C(COC(=O)CCC(=O)c1ccc2c(c1)CCCC2)Nc1ccccc1C(=O)Nc1ccccc1. The minimum Gasteiger partial charge on any atom is -0.456 e. The molecule has 0 spiro atoms. The van der Waals surface area contributed by atoms with Gasteiger partial charge in [-0.15, -0.1) is 0 Å². The molecule has 0 fully saturated rings. The summed E-state index contributed by atoms with van der Waals surface area (Å²) in [6.07, 6.45) is 4.22. The van der Waals surface area contributed by atoms with Crippen molar-refractivity contribution in [3.63, 3.8) is 0 Å². The fraction of sp³-hybridized carbons (Fsp3) is 0.241. The van der Waals surface area contributed by atoms with Crippen LogP contribution in [0.15, 0.2) is 72.8 Å². The Balaban J connectivity index is 1.25. The number of Topliss-reactive ketones (excluding diaryl/α,β-unsaturated/α-hetero) is 1. The third-order valence-corrected chi connectivity index (χ3v) is 6.07. The number of ether oxygens (including phenoxy) is 1. The van der Waals surface area contributed by atoms with Crippen molar-refractivity contribution in [2.75, 3.05) is 17.2 Å². The molecule has 3 aromatic rings. The molecule has 0 saturated heterocycles. The number of esters is 1. The minimum absolute atomic E-state index is 0.0156. The number of carbonyl (C=O) groups is 4. The molecule has 2 amide bonds. The van der Waals surface area contributed by atoms with E-state index < -0.39 is 18.5 Å². The summed E-state index contributed by atoms with van der Waals surface area (Å²) in [5.41, 5.74) is 4.31. The fourth-order valence-corrected chi connectivity index (χ4v) is 4.18. The molecule has 3 aromatic carbocycles. The highest BCUT2D eigenvalue weighted by molar-refractivity contribution is 6.10. The van der Waals surface area contributed by atoms with Crippen LogP contribution in [0.1, 0.15) is 57.5 Å². The molecule has 0 aliphatic heterocycles. The lowest BCUT2D eigenvalue weighted by Crippen LogP contribution is -2.23. The van der Waals surface area contributed by atoms with Gasteiger partial charge in [0.05, 0.1) is 17.7 Å². The number of fused-ring (bicyclic) bond motifs is 1. The van der Waals surface area contributed by atoms with Crippen LogP contribution in [-0.4, -0.2) is 30.2 Å². The Kier molecular flexibility index (Phi) is 8.24. The third kappa shape index (κ3) is 6.66. The number of hydrogen-bond donors (Lipinski definition) is 2. The molecule has 1 aliphatic rings. The molecule has 0 radical (unpaired) electrons. The number of carbonyl (C=O) groups excluding carboxylic acids is 4. The van der Waals surface area contributed by atoms with Crippen LogP contribution in [0, 0.1) is 0 Å². The van der Waals surface area contributed by atoms with Gasteiger partial charge in [0.25, 0.3) is 11.8 Å². The molecule has 184 valence electrons. The van der Waals surface area contributed by atoms with E-state index in [0.717, 1.165) is 19.3 Å². The van der Waals surface area contributed by atoms with E-state index in [0.29, 0.717) is 16.9 Å². The lowest BCUT2D eigenvalue weighted by atomic mass is 9.89. The molecule has 0 atom stereocenters. The van der Waals surface area contributed by atoms with Crippen molar-refractivity contribution < 1.29 is 23.9 Å². The molecule has 0 aromatic heterocycles. The van der Waals surface area contributed by atoms with E-state index in [-0.39, 0.29) is 30.1 Å². The Bertz CT molecular complexity index is 1270. The van der Waals surface area contributed by atoms with E-state index in [2.05, 4.69) is 10.6 Å². The molecule has 4 rings (SSSR count). The average Bonchev–Trinajstić information content (AvgIpc) is 2.91. The number of hydrogen-bond acceptors (Lipinski definition) is 5. The normalized spacial score (nSPS) is 12.2. The number of rotatable bonds is 9. The van der Waals surface area contributed by atoms with E-state index >= 15 is 0 Å². The van der Waals surface area contributed by atoms with Crippen LogP contribution in [0.5, 0.6) is 0 Å². The van der Waals surface area contributed by atoms with Gasteiger partial charge in [-0.3, -0.25) is 19.2 Å². The predicted molar refractivity (Wildman–Crippen MR) is 137 cm³/mol. The number of nitrogens with one attached hydrogen (secondary N) is 2. The maximum Gasteiger partial charge on any atom is 0.306 e. The number of para-hydroxylation sites is 2. The molecule has 0 bridgehead atoms. The largest absolute Gasteiger partial charge is 0.456 e. The number of benzene rings is 3.